The molecule has 0 spiro atoms. The van der Waals surface area contributed by atoms with Crippen molar-refractivity contribution in [3.8, 4) is 0 Å². The molecule has 2 aromatic rings. The molecule has 0 fully saturated rings. The van der Waals surface area contributed by atoms with Gasteiger partial charge in [0.05, 0.1) is 12.2 Å². The molecular weight excluding hydrogens is 282 g/mol. The molecule has 0 bridgehead atoms. The van der Waals surface area contributed by atoms with Gasteiger partial charge in [-0.3, -0.25) is 4.68 Å². The summed E-state index contributed by atoms with van der Waals surface area (Å²) in [6, 6.07) is 6.54. The molecule has 0 radical (unpaired) electrons. The van der Waals surface area contributed by atoms with Gasteiger partial charge < -0.3 is 5.32 Å². The summed E-state index contributed by atoms with van der Waals surface area (Å²) in [5.41, 5.74) is 5.90. The molecule has 1 heterocycles. The highest BCUT2D eigenvalue weighted by molar-refractivity contribution is 6.31. The molecule has 1 N–H and O–H groups in total. The Hall–Kier alpha value is -1.32. The first-order chi connectivity index (χ1) is 9.97. The van der Waals surface area contributed by atoms with Gasteiger partial charge in [-0.2, -0.15) is 5.10 Å². The van der Waals surface area contributed by atoms with Crippen molar-refractivity contribution < 1.29 is 0 Å². The third-order valence-corrected chi connectivity index (χ3v) is 4.42. The molecule has 3 nitrogen and oxygen atoms in total. The van der Waals surface area contributed by atoms with Crippen LogP contribution in [0.1, 0.15) is 47.5 Å². The van der Waals surface area contributed by atoms with Gasteiger partial charge in [0.15, 0.2) is 0 Å². The van der Waals surface area contributed by atoms with E-state index in [2.05, 4.69) is 49.8 Å². The fourth-order valence-electron chi connectivity index (χ4n) is 2.86. The molecular formula is C17H24ClN3. The summed E-state index contributed by atoms with van der Waals surface area (Å²) in [5.74, 6) is 0. The monoisotopic (exact) mass is 305 g/mol. The zero-order valence-corrected chi connectivity index (χ0v) is 14.3. The Bertz CT molecular complexity index is 627. The standard InChI is InChI=1S/C17H24ClN3/c1-6-16(19-5)17-12(3)20-21(13(17)4)10-14-8-7-11(2)9-15(14)18/h7-9,16,19H,6,10H2,1-5H3. The molecule has 114 valence electrons. The van der Waals surface area contributed by atoms with E-state index in [4.69, 9.17) is 16.7 Å². The number of hydrogen-bond acceptors (Lipinski definition) is 2. The van der Waals surface area contributed by atoms with Gasteiger partial charge in [0, 0.05) is 22.3 Å². The van der Waals surface area contributed by atoms with E-state index in [-0.39, 0.29) is 0 Å². The van der Waals surface area contributed by atoms with E-state index in [1.54, 1.807) is 0 Å². The predicted octanol–water partition coefficient (Wildman–Crippen LogP) is 4.18. The third kappa shape index (κ3) is 3.30. The van der Waals surface area contributed by atoms with Crippen LogP contribution in [0.3, 0.4) is 0 Å². The van der Waals surface area contributed by atoms with Crippen LogP contribution >= 0.6 is 11.6 Å². The van der Waals surface area contributed by atoms with Gasteiger partial charge >= 0.3 is 0 Å². The lowest BCUT2D eigenvalue weighted by molar-refractivity contribution is 0.568. The maximum Gasteiger partial charge on any atom is 0.0677 e. The molecule has 1 aromatic carbocycles. The molecule has 1 unspecified atom stereocenters. The highest BCUT2D eigenvalue weighted by atomic mass is 35.5. The molecule has 1 atom stereocenters. The first-order valence-electron chi connectivity index (χ1n) is 7.44. The normalized spacial score (nSPS) is 12.7. The van der Waals surface area contributed by atoms with Crippen molar-refractivity contribution in [1.29, 1.82) is 0 Å². The summed E-state index contributed by atoms with van der Waals surface area (Å²) >= 11 is 6.34. The number of halogens is 1. The molecule has 0 aliphatic carbocycles. The van der Waals surface area contributed by atoms with Gasteiger partial charge in [-0.05, 0) is 51.4 Å². The summed E-state index contributed by atoms with van der Waals surface area (Å²) in [6.45, 7) is 9.17. The van der Waals surface area contributed by atoms with Crippen molar-refractivity contribution in [2.24, 2.45) is 0 Å². The van der Waals surface area contributed by atoms with Crippen molar-refractivity contribution in [3.05, 3.63) is 51.3 Å². The average Bonchev–Trinajstić information content (AvgIpc) is 2.71. The Morgan fingerprint density at radius 1 is 1.29 bits per heavy atom. The van der Waals surface area contributed by atoms with Crippen LogP contribution in [0.5, 0.6) is 0 Å². The van der Waals surface area contributed by atoms with E-state index < -0.39 is 0 Å². The molecule has 21 heavy (non-hydrogen) atoms. The number of nitrogens with zero attached hydrogens (tertiary/aromatic N) is 2. The molecule has 4 heteroatoms. The van der Waals surface area contributed by atoms with E-state index in [1.165, 1.54) is 16.8 Å². The SMILES string of the molecule is CCC(NC)c1c(C)nn(Cc2ccc(C)cc2Cl)c1C. The summed E-state index contributed by atoms with van der Waals surface area (Å²) < 4.78 is 2.06. The number of benzene rings is 1. The Morgan fingerprint density at radius 3 is 2.57 bits per heavy atom. The molecule has 2 rings (SSSR count). The lowest BCUT2D eigenvalue weighted by Crippen LogP contribution is -2.17. The second-order valence-electron chi connectivity index (χ2n) is 5.59. The van der Waals surface area contributed by atoms with Gasteiger partial charge in [0.1, 0.15) is 0 Å². The number of nitrogens with one attached hydrogen (secondary N) is 1. The van der Waals surface area contributed by atoms with E-state index in [1.807, 2.05) is 13.1 Å². The lowest BCUT2D eigenvalue weighted by Gasteiger charge is -2.15. The van der Waals surface area contributed by atoms with E-state index >= 15 is 0 Å². The van der Waals surface area contributed by atoms with Crippen molar-refractivity contribution >= 4 is 11.6 Å². The lowest BCUT2D eigenvalue weighted by atomic mass is 10.0. The maximum atomic E-state index is 6.34. The van der Waals surface area contributed by atoms with Crippen LogP contribution in [-0.4, -0.2) is 16.8 Å². The zero-order chi connectivity index (χ0) is 15.6. The second-order valence-corrected chi connectivity index (χ2v) is 5.99. The fraction of sp³-hybridized carbons (Fsp3) is 0.471. The van der Waals surface area contributed by atoms with Gasteiger partial charge in [0.25, 0.3) is 0 Å². The van der Waals surface area contributed by atoms with E-state index in [0.717, 1.165) is 22.7 Å². The maximum absolute atomic E-state index is 6.34. The molecule has 0 aliphatic heterocycles. The third-order valence-electron chi connectivity index (χ3n) is 4.07. The van der Waals surface area contributed by atoms with Crippen molar-refractivity contribution in [3.63, 3.8) is 0 Å². The van der Waals surface area contributed by atoms with Crippen molar-refractivity contribution in [2.45, 2.75) is 46.7 Å². The Morgan fingerprint density at radius 2 is 2.00 bits per heavy atom. The van der Waals surface area contributed by atoms with Crippen LogP contribution < -0.4 is 5.32 Å². The second kappa shape index (κ2) is 6.63. The fourth-order valence-corrected chi connectivity index (χ4v) is 3.16. The van der Waals surface area contributed by atoms with Crippen LogP contribution in [0.25, 0.3) is 0 Å². The minimum absolute atomic E-state index is 0.354. The quantitative estimate of drug-likeness (QED) is 0.898. The van der Waals surface area contributed by atoms with Crippen LogP contribution in [0.4, 0.5) is 0 Å². The largest absolute Gasteiger partial charge is 0.313 e. The first-order valence-corrected chi connectivity index (χ1v) is 7.81. The summed E-state index contributed by atoms with van der Waals surface area (Å²) in [5, 5.41) is 8.88. The molecule has 0 amide bonds. The van der Waals surface area contributed by atoms with Gasteiger partial charge in [-0.15, -0.1) is 0 Å². The molecule has 0 aliphatic rings. The van der Waals surface area contributed by atoms with E-state index in [0.29, 0.717) is 12.6 Å². The number of hydrogen-bond donors (Lipinski definition) is 1. The molecule has 0 saturated heterocycles. The molecule has 1 aromatic heterocycles. The molecule has 0 saturated carbocycles. The van der Waals surface area contributed by atoms with Gasteiger partial charge in [0.2, 0.25) is 0 Å². The highest BCUT2D eigenvalue weighted by Gasteiger charge is 2.18. The Kier molecular flexibility index (Phi) is 5.07. The van der Waals surface area contributed by atoms with E-state index in [9.17, 15) is 0 Å². The van der Waals surface area contributed by atoms with Gasteiger partial charge in [-0.25, -0.2) is 0 Å². The van der Waals surface area contributed by atoms with Crippen LogP contribution in [0.2, 0.25) is 5.02 Å². The van der Waals surface area contributed by atoms with Crippen molar-refractivity contribution in [1.82, 2.24) is 15.1 Å². The number of rotatable bonds is 5. The smallest absolute Gasteiger partial charge is 0.0677 e. The zero-order valence-electron chi connectivity index (χ0n) is 13.5. The topological polar surface area (TPSA) is 29.9 Å². The average molecular weight is 306 g/mol. The van der Waals surface area contributed by atoms with Crippen LogP contribution in [0.15, 0.2) is 18.2 Å². The Balaban J connectivity index is 2.35. The number of aromatic nitrogens is 2. The van der Waals surface area contributed by atoms with Crippen LogP contribution in [-0.2, 0) is 6.54 Å². The van der Waals surface area contributed by atoms with Crippen molar-refractivity contribution in [2.75, 3.05) is 7.05 Å². The summed E-state index contributed by atoms with van der Waals surface area (Å²) in [7, 11) is 2.00. The summed E-state index contributed by atoms with van der Waals surface area (Å²) in [6.07, 6.45) is 1.05. The Labute approximate surface area is 132 Å². The predicted molar refractivity (Wildman–Crippen MR) is 89.1 cm³/mol. The summed E-state index contributed by atoms with van der Waals surface area (Å²) in [4.78, 5) is 0. The first kappa shape index (κ1) is 16.1. The number of aryl methyl sites for hydroxylation is 2. The van der Waals surface area contributed by atoms with Crippen LogP contribution in [0, 0.1) is 20.8 Å². The highest BCUT2D eigenvalue weighted by Crippen LogP contribution is 2.25. The minimum atomic E-state index is 0.354. The minimum Gasteiger partial charge on any atom is -0.313 e. The van der Waals surface area contributed by atoms with Gasteiger partial charge in [-0.1, -0.05) is 30.7 Å².